The molecule has 5 nitrogen and oxygen atoms in total. The van der Waals surface area contributed by atoms with Gasteiger partial charge in [-0.05, 0) is 43.3 Å². The lowest BCUT2D eigenvalue weighted by Gasteiger charge is -2.28. The first-order chi connectivity index (χ1) is 11.6. The first-order valence-electron chi connectivity index (χ1n) is 7.80. The van der Waals surface area contributed by atoms with E-state index in [1.165, 1.54) is 0 Å². The van der Waals surface area contributed by atoms with Crippen LogP contribution in [-0.4, -0.2) is 16.3 Å². The number of hydrazine groups is 1. The molecule has 122 valence electrons. The molecular formula is C19H20N4O. The second-order valence-corrected chi connectivity index (χ2v) is 5.65. The molecule has 1 N–H and O–H groups in total. The number of nitrogens with zero attached hydrogens (tertiary/aromatic N) is 4. The van der Waals surface area contributed by atoms with E-state index in [-0.39, 0.29) is 11.9 Å². The first kappa shape index (κ1) is 15.8. The van der Waals surface area contributed by atoms with E-state index in [9.17, 15) is 5.11 Å². The third-order valence-electron chi connectivity index (χ3n) is 3.97. The van der Waals surface area contributed by atoms with Gasteiger partial charge >= 0.3 is 0 Å². The predicted octanol–water partition coefficient (Wildman–Crippen LogP) is 5.08. The van der Waals surface area contributed by atoms with Gasteiger partial charge in [0.25, 0.3) is 0 Å². The van der Waals surface area contributed by atoms with Gasteiger partial charge in [-0.1, -0.05) is 48.6 Å². The van der Waals surface area contributed by atoms with E-state index < -0.39 is 0 Å². The van der Waals surface area contributed by atoms with Gasteiger partial charge in [-0.2, -0.15) is 5.12 Å². The molecular weight excluding hydrogens is 300 g/mol. The molecule has 24 heavy (non-hydrogen) atoms. The van der Waals surface area contributed by atoms with Crippen LogP contribution in [0.3, 0.4) is 0 Å². The molecule has 1 aliphatic rings. The molecule has 2 aromatic carbocycles. The fourth-order valence-electron chi connectivity index (χ4n) is 2.60. The maximum atomic E-state index is 10.6. The molecule has 5 heteroatoms. The minimum Gasteiger partial charge on any atom is -0.493 e. The zero-order valence-corrected chi connectivity index (χ0v) is 13.8. The maximum absolute atomic E-state index is 10.6. The average Bonchev–Trinajstić information content (AvgIpc) is 2.84. The van der Waals surface area contributed by atoms with Gasteiger partial charge in [-0.15, -0.1) is 5.11 Å². The topological polar surface area (TPSA) is 51.4 Å². The van der Waals surface area contributed by atoms with E-state index in [1.807, 2.05) is 68.4 Å². The smallest absolute Gasteiger partial charge is 0.217 e. The van der Waals surface area contributed by atoms with Gasteiger partial charge in [-0.3, -0.25) is 0 Å². The summed E-state index contributed by atoms with van der Waals surface area (Å²) in [5, 5.41) is 22.5. The lowest BCUT2D eigenvalue weighted by Crippen LogP contribution is -2.37. The Hall–Kier alpha value is -3.08. The first-order valence-corrected chi connectivity index (χ1v) is 7.80. The number of aliphatic hydroxyl groups is 1. The third kappa shape index (κ3) is 2.88. The number of hydrogen-bond donors (Lipinski definition) is 1. The highest BCUT2D eigenvalue weighted by Gasteiger charge is 2.36. The van der Waals surface area contributed by atoms with E-state index in [0.29, 0.717) is 5.57 Å². The van der Waals surface area contributed by atoms with Crippen LogP contribution in [0.25, 0.3) is 0 Å². The Kier molecular flexibility index (Phi) is 4.33. The Balaban J connectivity index is 1.97. The van der Waals surface area contributed by atoms with Gasteiger partial charge in [0.15, 0.2) is 0 Å². The van der Waals surface area contributed by atoms with Gasteiger partial charge < -0.3 is 5.11 Å². The summed E-state index contributed by atoms with van der Waals surface area (Å²) in [4.78, 5) is 0. The molecule has 0 bridgehead atoms. The van der Waals surface area contributed by atoms with Crippen molar-refractivity contribution in [3.8, 4) is 0 Å². The minimum atomic E-state index is -0.170. The summed E-state index contributed by atoms with van der Waals surface area (Å²) < 4.78 is 0. The lowest BCUT2D eigenvalue weighted by molar-refractivity contribution is 0.224. The van der Waals surface area contributed by atoms with E-state index in [1.54, 1.807) is 16.2 Å². The summed E-state index contributed by atoms with van der Waals surface area (Å²) in [6, 6.07) is 17.2. The molecule has 1 aliphatic heterocycles. The van der Waals surface area contributed by atoms with Crippen molar-refractivity contribution < 1.29 is 5.11 Å². The molecule has 0 spiro atoms. The quantitative estimate of drug-likeness (QED) is 0.800. The number of rotatable bonds is 4. The Morgan fingerprint density at radius 2 is 1.75 bits per heavy atom. The monoisotopic (exact) mass is 320 g/mol. The standard InChI is InChI=1S/C19H20N4O/c1-4-18-15(3)23(21-20-16-8-6-5-7-9-16)22(19(18)24)17-12-10-14(2)11-13-17/h4-13,15,24H,1H2,2-3H3. The van der Waals surface area contributed by atoms with Crippen LogP contribution >= 0.6 is 0 Å². The zero-order valence-electron chi connectivity index (χ0n) is 13.8. The van der Waals surface area contributed by atoms with E-state index in [2.05, 4.69) is 16.9 Å². The van der Waals surface area contributed by atoms with Crippen LogP contribution in [0, 0.1) is 6.92 Å². The van der Waals surface area contributed by atoms with Crippen molar-refractivity contribution in [1.82, 2.24) is 5.12 Å². The normalized spacial score (nSPS) is 17.8. The molecule has 0 fully saturated rings. The number of hydrogen-bond acceptors (Lipinski definition) is 4. The molecule has 1 heterocycles. The molecule has 0 amide bonds. The SMILES string of the molecule is C=CC1=C(O)N(c2ccc(C)cc2)N(N=Nc2ccccc2)C1C. The Morgan fingerprint density at radius 1 is 1.08 bits per heavy atom. The van der Waals surface area contributed by atoms with Crippen molar-refractivity contribution in [2.75, 3.05) is 5.01 Å². The molecule has 0 aliphatic carbocycles. The summed E-state index contributed by atoms with van der Waals surface area (Å²) in [6.45, 7) is 7.77. The number of benzene rings is 2. The van der Waals surface area contributed by atoms with Crippen LogP contribution in [0.15, 0.2) is 89.0 Å². The Labute approximate surface area is 141 Å². The van der Waals surface area contributed by atoms with Crippen molar-refractivity contribution in [2.45, 2.75) is 19.9 Å². The van der Waals surface area contributed by atoms with Gasteiger partial charge in [0.2, 0.25) is 5.88 Å². The second-order valence-electron chi connectivity index (χ2n) is 5.65. The Morgan fingerprint density at radius 3 is 2.38 bits per heavy atom. The molecule has 0 saturated heterocycles. The largest absolute Gasteiger partial charge is 0.493 e. The van der Waals surface area contributed by atoms with Crippen molar-refractivity contribution in [3.05, 3.63) is 84.3 Å². The molecule has 3 rings (SSSR count). The average molecular weight is 320 g/mol. The molecule has 1 atom stereocenters. The van der Waals surface area contributed by atoms with Gasteiger partial charge in [-0.25, -0.2) is 5.01 Å². The number of aryl methyl sites for hydroxylation is 1. The van der Waals surface area contributed by atoms with Gasteiger partial charge in [0.1, 0.15) is 0 Å². The highest BCUT2D eigenvalue weighted by molar-refractivity contribution is 5.55. The number of aliphatic hydroxyl groups excluding tert-OH is 1. The van der Waals surface area contributed by atoms with Crippen molar-refractivity contribution >= 4 is 11.4 Å². The third-order valence-corrected chi connectivity index (χ3v) is 3.97. The lowest BCUT2D eigenvalue weighted by atomic mass is 10.1. The molecule has 2 aromatic rings. The molecule has 1 unspecified atom stereocenters. The molecule has 0 saturated carbocycles. The van der Waals surface area contributed by atoms with Crippen molar-refractivity contribution in [1.29, 1.82) is 0 Å². The van der Waals surface area contributed by atoms with E-state index in [0.717, 1.165) is 16.9 Å². The maximum Gasteiger partial charge on any atom is 0.217 e. The van der Waals surface area contributed by atoms with Gasteiger partial charge in [0, 0.05) is 5.57 Å². The summed E-state index contributed by atoms with van der Waals surface area (Å²) in [5.41, 5.74) is 3.42. The van der Waals surface area contributed by atoms with Gasteiger partial charge in [0.05, 0.1) is 17.4 Å². The fraction of sp³-hybridized carbons (Fsp3) is 0.158. The minimum absolute atomic E-state index is 0.119. The van der Waals surface area contributed by atoms with Crippen molar-refractivity contribution in [3.63, 3.8) is 0 Å². The van der Waals surface area contributed by atoms with Crippen LogP contribution in [0.4, 0.5) is 11.4 Å². The molecule has 0 radical (unpaired) electrons. The van der Waals surface area contributed by atoms with Crippen LogP contribution in [-0.2, 0) is 0 Å². The zero-order chi connectivity index (χ0) is 17.1. The Bertz CT molecular complexity index is 781. The van der Waals surface area contributed by atoms with Crippen LogP contribution < -0.4 is 5.01 Å². The summed E-state index contributed by atoms with van der Waals surface area (Å²) in [6.07, 6.45) is 1.65. The highest BCUT2D eigenvalue weighted by atomic mass is 16.3. The second kappa shape index (κ2) is 6.58. The van der Waals surface area contributed by atoms with E-state index >= 15 is 0 Å². The van der Waals surface area contributed by atoms with Crippen molar-refractivity contribution in [2.24, 2.45) is 10.3 Å². The summed E-state index contributed by atoms with van der Waals surface area (Å²) in [5.74, 6) is 0.119. The highest BCUT2D eigenvalue weighted by Crippen LogP contribution is 2.34. The number of anilines is 1. The molecule has 0 aromatic heterocycles. The summed E-state index contributed by atoms with van der Waals surface area (Å²) >= 11 is 0. The van der Waals surface area contributed by atoms with Crippen LogP contribution in [0.5, 0.6) is 0 Å². The fourth-order valence-corrected chi connectivity index (χ4v) is 2.60. The summed E-state index contributed by atoms with van der Waals surface area (Å²) in [7, 11) is 0. The van der Waals surface area contributed by atoms with Crippen LogP contribution in [0.1, 0.15) is 12.5 Å². The predicted molar refractivity (Wildman–Crippen MR) is 95.8 cm³/mol. The van der Waals surface area contributed by atoms with E-state index in [4.69, 9.17) is 0 Å². The van der Waals surface area contributed by atoms with Crippen LogP contribution in [0.2, 0.25) is 0 Å².